The molecule has 1 aliphatic rings. The first-order valence-electron chi connectivity index (χ1n) is 16.9. The van der Waals surface area contributed by atoms with Gasteiger partial charge in [0.15, 0.2) is 6.29 Å². The zero-order chi connectivity index (χ0) is 31.5. The quantitative estimate of drug-likeness (QED) is 0.0536. The molecular formula is C34H62O9. The summed E-state index contributed by atoms with van der Waals surface area (Å²) in [6, 6.07) is 0. The maximum atomic E-state index is 11.8. The van der Waals surface area contributed by atoms with Crippen LogP contribution in [0.15, 0.2) is 24.3 Å². The summed E-state index contributed by atoms with van der Waals surface area (Å²) in [4.78, 5) is 11.8. The lowest BCUT2D eigenvalue weighted by molar-refractivity contribution is -0.305. The van der Waals surface area contributed by atoms with Gasteiger partial charge in [0, 0.05) is 13.0 Å². The molecule has 43 heavy (non-hydrogen) atoms. The zero-order valence-electron chi connectivity index (χ0n) is 27.0. The van der Waals surface area contributed by atoms with Crippen LogP contribution in [0.5, 0.6) is 0 Å². The fourth-order valence-corrected chi connectivity index (χ4v) is 4.91. The first kappa shape index (κ1) is 39.7. The fourth-order valence-electron chi connectivity index (χ4n) is 4.91. The molecule has 0 amide bonds. The summed E-state index contributed by atoms with van der Waals surface area (Å²) in [5, 5.41) is 39.3. The van der Waals surface area contributed by atoms with Crippen LogP contribution in [0.4, 0.5) is 0 Å². The van der Waals surface area contributed by atoms with E-state index in [2.05, 4.69) is 31.2 Å². The molecule has 1 saturated heterocycles. The molecular weight excluding hydrogens is 552 g/mol. The van der Waals surface area contributed by atoms with Crippen molar-refractivity contribution in [2.24, 2.45) is 0 Å². The topological polar surface area (TPSA) is 135 Å². The van der Waals surface area contributed by atoms with E-state index in [-0.39, 0.29) is 19.6 Å². The number of unbranched alkanes of at least 4 members (excludes halogenated alkanes) is 13. The number of aliphatic hydroxyl groups excluding tert-OH is 4. The SMILES string of the molecule is CCCCC/C=C\C/C=C\CCCCCCCCCCCCOCC(COC1OC(CO)C(O)C(O)C1O)OC(=O)CC. The first-order chi connectivity index (χ1) is 20.9. The van der Waals surface area contributed by atoms with Gasteiger partial charge in [0.05, 0.1) is 19.8 Å². The standard InChI is InChI=1S/C34H62O9/c1-3-5-6-7-8-9-10-11-12-13-14-15-16-17-18-19-20-21-22-23-24-40-26-28(42-30(36)4-2)27-41-34-33(39)32(38)31(37)29(25-35)43-34/h8-9,11-12,28-29,31-35,37-39H,3-7,10,13-27H2,1-2H3/b9-8-,12-11-. The maximum Gasteiger partial charge on any atom is 0.305 e. The summed E-state index contributed by atoms with van der Waals surface area (Å²) < 4.78 is 22.0. The molecule has 6 atom stereocenters. The lowest BCUT2D eigenvalue weighted by atomic mass is 9.99. The smallest absolute Gasteiger partial charge is 0.305 e. The molecule has 1 aliphatic heterocycles. The number of hydrogen-bond acceptors (Lipinski definition) is 9. The third-order valence-corrected chi connectivity index (χ3v) is 7.67. The van der Waals surface area contributed by atoms with Gasteiger partial charge in [-0.05, 0) is 38.5 Å². The molecule has 9 nitrogen and oxygen atoms in total. The number of aliphatic hydroxyl groups is 4. The van der Waals surface area contributed by atoms with Crippen molar-refractivity contribution in [3.63, 3.8) is 0 Å². The van der Waals surface area contributed by atoms with Crippen molar-refractivity contribution in [1.82, 2.24) is 0 Å². The molecule has 0 aromatic heterocycles. The van der Waals surface area contributed by atoms with Gasteiger partial charge in [0.25, 0.3) is 0 Å². The second-order valence-corrected chi connectivity index (χ2v) is 11.6. The van der Waals surface area contributed by atoms with E-state index in [1.165, 1.54) is 83.5 Å². The Morgan fingerprint density at radius 1 is 0.744 bits per heavy atom. The van der Waals surface area contributed by atoms with Crippen LogP contribution in [-0.4, -0.2) is 89.6 Å². The summed E-state index contributed by atoms with van der Waals surface area (Å²) in [7, 11) is 0. The summed E-state index contributed by atoms with van der Waals surface area (Å²) in [5.74, 6) is -0.403. The molecule has 0 saturated carbocycles. The van der Waals surface area contributed by atoms with E-state index in [1.807, 2.05) is 0 Å². The zero-order valence-corrected chi connectivity index (χ0v) is 27.0. The highest BCUT2D eigenvalue weighted by Crippen LogP contribution is 2.22. The Balaban J connectivity index is 2.04. The molecule has 0 bridgehead atoms. The highest BCUT2D eigenvalue weighted by atomic mass is 16.7. The molecule has 0 aromatic rings. The monoisotopic (exact) mass is 614 g/mol. The summed E-state index contributed by atoms with van der Waals surface area (Å²) in [5.41, 5.74) is 0. The lowest BCUT2D eigenvalue weighted by Gasteiger charge is -2.39. The Kier molecular flexibility index (Phi) is 24.9. The molecule has 1 heterocycles. The van der Waals surface area contributed by atoms with Crippen molar-refractivity contribution in [2.75, 3.05) is 26.4 Å². The van der Waals surface area contributed by atoms with E-state index in [9.17, 15) is 25.2 Å². The third kappa shape index (κ3) is 19.6. The van der Waals surface area contributed by atoms with E-state index >= 15 is 0 Å². The molecule has 1 fully saturated rings. The van der Waals surface area contributed by atoms with Crippen molar-refractivity contribution in [3.05, 3.63) is 24.3 Å². The molecule has 4 N–H and O–H groups in total. The number of carbonyl (C=O) groups excluding carboxylic acids is 1. The lowest BCUT2D eigenvalue weighted by Crippen LogP contribution is -2.59. The number of carbonyl (C=O) groups is 1. The Labute approximate surface area is 260 Å². The fraction of sp³-hybridized carbons (Fsp3) is 0.853. The van der Waals surface area contributed by atoms with E-state index in [0.29, 0.717) is 6.61 Å². The highest BCUT2D eigenvalue weighted by molar-refractivity contribution is 5.69. The molecule has 252 valence electrons. The molecule has 1 rings (SSSR count). The van der Waals surface area contributed by atoms with Gasteiger partial charge in [-0.1, -0.05) is 102 Å². The largest absolute Gasteiger partial charge is 0.457 e. The van der Waals surface area contributed by atoms with E-state index in [0.717, 1.165) is 19.3 Å². The number of esters is 1. The van der Waals surface area contributed by atoms with Crippen molar-refractivity contribution in [3.8, 4) is 0 Å². The van der Waals surface area contributed by atoms with Gasteiger partial charge in [0.1, 0.15) is 30.5 Å². The predicted molar refractivity (Wildman–Crippen MR) is 169 cm³/mol. The highest BCUT2D eigenvalue weighted by Gasteiger charge is 2.44. The maximum absolute atomic E-state index is 11.8. The van der Waals surface area contributed by atoms with Crippen molar-refractivity contribution >= 4 is 5.97 Å². The van der Waals surface area contributed by atoms with Crippen LogP contribution in [0, 0.1) is 0 Å². The molecule has 0 aromatic carbocycles. The molecule has 0 radical (unpaired) electrons. The van der Waals surface area contributed by atoms with Crippen molar-refractivity contribution in [1.29, 1.82) is 0 Å². The van der Waals surface area contributed by atoms with E-state index in [1.54, 1.807) is 6.92 Å². The summed E-state index contributed by atoms with van der Waals surface area (Å²) >= 11 is 0. The summed E-state index contributed by atoms with van der Waals surface area (Å²) in [6.45, 7) is 3.94. The number of allylic oxidation sites excluding steroid dienone is 4. The summed E-state index contributed by atoms with van der Waals surface area (Å²) in [6.07, 6.45) is 21.5. The van der Waals surface area contributed by atoms with Gasteiger partial charge in [-0.25, -0.2) is 0 Å². The van der Waals surface area contributed by atoms with Crippen LogP contribution in [0.25, 0.3) is 0 Å². The Hall–Kier alpha value is -1.33. The van der Waals surface area contributed by atoms with Crippen LogP contribution in [-0.2, 0) is 23.7 Å². The molecule has 0 aliphatic carbocycles. The first-order valence-corrected chi connectivity index (χ1v) is 16.9. The third-order valence-electron chi connectivity index (χ3n) is 7.67. The van der Waals surface area contributed by atoms with Crippen LogP contribution in [0.2, 0.25) is 0 Å². The minimum atomic E-state index is -1.53. The van der Waals surface area contributed by atoms with E-state index in [4.69, 9.17) is 18.9 Å². The minimum absolute atomic E-state index is 0.123. The van der Waals surface area contributed by atoms with Gasteiger partial charge in [-0.2, -0.15) is 0 Å². The van der Waals surface area contributed by atoms with Crippen LogP contribution < -0.4 is 0 Å². The average Bonchev–Trinajstić information content (AvgIpc) is 3.01. The van der Waals surface area contributed by atoms with Gasteiger partial charge in [0.2, 0.25) is 0 Å². The second-order valence-electron chi connectivity index (χ2n) is 11.6. The predicted octanol–water partition coefficient (Wildman–Crippen LogP) is 5.52. The van der Waals surface area contributed by atoms with Gasteiger partial charge < -0.3 is 39.4 Å². The van der Waals surface area contributed by atoms with Crippen LogP contribution >= 0.6 is 0 Å². The molecule has 9 heteroatoms. The van der Waals surface area contributed by atoms with Crippen molar-refractivity contribution in [2.45, 2.75) is 160 Å². The minimum Gasteiger partial charge on any atom is -0.457 e. The molecule has 6 unspecified atom stereocenters. The van der Waals surface area contributed by atoms with Gasteiger partial charge in [-0.3, -0.25) is 4.79 Å². The number of rotatable bonds is 27. The molecule has 0 spiro atoms. The van der Waals surface area contributed by atoms with Gasteiger partial charge >= 0.3 is 5.97 Å². The van der Waals surface area contributed by atoms with Crippen LogP contribution in [0.1, 0.15) is 123 Å². The average molecular weight is 615 g/mol. The Morgan fingerprint density at radius 3 is 1.91 bits per heavy atom. The Bertz CT molecular complexity index is 712. The van der Waals surface area contributed by atoms with E-state index < -0.39 is 49.4 Å². The second kappa shape index (κ2) is 27.0. The van der Waals surface area contributed by atoms with Gasteiger partial charge in [-0.15, -0.1) is 0 Å². The Morgan fingerprint density at radius 2 is 1.33 bits per heavy atom. The van der Waals surface area contributed by atoms with Crippen molar-refractivity contribution < 1.29 is 44.2 Å². The van der Waals surface area contributed by atoms with Crippen LogP contribution in [0.3, 0.4) is 0 Å². The number of ether oxygens (including phenoxy) is 4. The normalized spacial score (nSPS) is 23.3. The number of hydrogen-bond donors (Lipinski definition) is 4.